The molecule has 2 heterocycles. The molecule has 0 saturated heterocycles. The molecule has 152 valence electrons. The first-order valence-corrected chi connectivity index (χ1v) is 10.2. The van der Waals surface area contributed by atoms with Crippen LogP contribution in [0.5, 0.6) is 0 Å². The number of carbonyl (C=O) groups is 2. The van der Waals surface area contributed by atoms with Gasteiger partial charge < -0.3 is 14.7 Å². The summed E-state index contributed by atoms with van der Waals surface area (Å²) in [4.78, 5) is 27.6. The molecule has 0 bridgehead atoms. The van der Waals surface area contributed by atoms with E-state index in [-0.39, 0.29) is 22.9 Å². The number of amides is 2. The molecule has 1 saturated carbocycles. The monoisotopic (exact) mass is 401 g/mol. The minimum absolute atomic E-state index is 0.0305. The molecule has 1 spiro atoms. The van der Waals surface area contributed by atoms with Gasteiger partial charge in [-0.1, -0.05) is 53.7 Å². The van der Waals surface area contributed by atoms with Crippen LogP contribution in [0, 0.1) is 0 Å². The summed E-state index contributed by atoms with van der Waals surface area (Å²) in [6, 6.07) is 19.0. The second kappa shape index (κ2) is 7.13. The number of para-hydroxylation sites is 1. The Bertz CT molecular complexity index is 1100. The van der Waals surface area contributed by atoms with Gasteiger partial charge in [-0.3, -0.25) is 9.59 Å². The third kappa shape index (κ3) is 3.28. The molecule has 2 aromatic carbocycles. The number of hydrogen-bond acceptors (Lipinski definition) is 4. The molecule has 1 N–H and O–H groups in total. The van der Waals surface area contributed by atoms with E-state index in [4.69, 9.17) is 4.52 Å². The zero-order valence-corrected chi connectivity index (χ0v) is 16.8. The fourth-order valence-corrected chi connectivity index (χ4v) is 4.42. The molecule has 1 unspecified atom stereocenters. The molecule has 6 heteroatoms. The molecule has 2 amide bonds. The molecular weight excluding hydrogens is 378 g/mol. The van der Waals surface area contributed by atoms with Crippen molar-refractivity contribution in [2.45, 2.75) is 37.1 Å². The lowest BCUT2D eigenvalue weighted by Crippen LogP contribution is -2.47. The van der Waals surface area contributed by atoms with Crippen LogP contribution in [0.3, 0.4) is 0 Å². The Morgan fingerprint density at radius 3 is 2.67 bits per heavy atom. The van der Waals surface area contributed by atoms with E-state index in [1.165, 1.54) is 5.56 Å². The highest BCUT2D eigenvalue weighted by Gasteiger charge is 2.51. The number of nitrogens with zero attached hydrogens (tertiary/aromatic N) is 2. The fourth-order valence-electron chi connectivity index (χ4n) is 4.42. The Balaban J connectivity index is 1.34. The molecule has 1 aliphatic carbocycles. The number of rotatable bonds is 4. The number of anilines is 1. The van der Waals surface area contributed by atoms with Gasteiger partial charge in [-0.25, -0.2) is 0 Å². The molecule has 2 aliphatic rings. The lowest BCUT2D eigenvalue weighted by atomic mass is 9.89. The van der Waals surface area contributed by atoms with Gasteiger partial charge in [0.2, 0.25) is 5.91 Å². The molecule has 1 atom stereocenters. The van der Waals surface area contributed by atoms with Crippen molar-refractivity contribution in [1.29, 1.82) is 0 Å². The zero-order valence-electron chi connectivity index (χ0n) is 16.8. The van der Waals surface area contributed by atoms with Crippen LogP contribution in [0.15, 0.2) is 65.2 Å². The summed E-state index contributed by atoms with van der Waals surface area (Å²) in [6.07, 6.45) is 3.23. The summed E-state index contributed by atoms with van der Waals surface area (Å²) in [5.74, 6) is 0.126. The second-order valence-corrected chi connectivity index (χ2v) is 8.27. The van der Waals surface area contributed by atoms with Gasteiger partial charge >= 0.3 is 0 Å². The van der Waals surface area contributed by atoms with E-state index in [0.29, 0.717) is 18.6 Å². The Hall–Kier alpha value is -3.41. The summed E-state index contributed by atoms with van der Waals surface area (Å²) in [5, 5.41) is 6.84. The van der Waals surface area contributed by atoms with Gasteiger partial charge in [-0.2, -0.15) is 0 Å². The number of hydrogen-bond donors (Lipinski definition) is 1. The summed E-state index contributed by atoms with van der Waals surface area (Å²) in [7, 11) is 1.77. The maximum atomic E-state index is 13.1. The zero-order chi connectivity index (χ0) is 20.7. The lowest BCUT2D eigenvalue weighted by Gasteiger charge is -2.21. The number of fused-ring (bicyclic) bond motifs is 2. The number of carbonyl (C=O) groups excluding carboxylic acids is 2. The molecule has 1 fully saturated rings. The van der Waals surface area contributed by atoms with E-state index in [1.807, 2.05) is 48.5 Å². The van der Waals surface area contributed by atoms with Crippen molar-refractivity contribution >= 4 is 17.5 Å². The standard InChI is InChI=1S/C24H23N3O3/c1-27-21-10-6-5-9-18(21)24(11-12-24)15-20(23(27)29)25-22(28)19-14-17(30-26-19)13-16-7-3-2-4-8-16/h2-10,14,20H,11-13,15H2,1H3,(H,25,28). The van der Waals surface area contributed by atoms with Crippen LogP contribution in [0.4, 0.5) is 5.69 Å². The maximum absolute atomic E-state index is 13.1. The lowest BCUT2D eigenvalue weighted by molar-refractivity contribution is -0.120. The Morgan fingerprint density at radius 2 is 1.90 bits per heavy atom. The van der Waals surface area contributed by atoms with Crippen molar-refractivity contribution in [3.8, 4) is 0 Å². The molecule has 1 aliphatic heterocycles. The summed E-state index contributed by atoms with van der Waals surface area (Å²) < 4.78 is 5.35. The SMILES string of the molecule is CN1C(=O)C(NC(=O)c2cc(Cc3ccccc3)on2)CC2(CC2)c2ccccc21. The van der Waals surface area contributed by atoms with E-state index in [2.05, 4.69) is 16.5 Å². The van der Waals surface area contributed by atoms with Crippen molar-refractivity contribution in [2.24, 2.45) is 0 Å². The third-order valence-electron chi connectivity index (χ3n) is 6.23. The Labute approximate surface area is 174 Å². The highest BCUT2D eigenvalue weighted by Crippen LogP contribution is 2.55. The minimum atomic E-state index is -0.591. The van der Waals surface area contributed by atoms with Crippen LogP contribution in [-0.4, -0.2) is 30.1 Å². The van der Waals surface area contributed by atoms with Gasteiger partial charge in [-0.05, 0) is 41.9 Å². The number of aromatic nitrogens is 1. The molecule has 5 rings (SSSR count). The van der Waals surface area contributed by atoms with E-state index in [9.17, 15) is 9.59 Å². The Kier molecular flexibility index (Phi) is 4.42. The van der Waals surface area contributed by atoms with E-state index >= 15 is 0 Å². The molecular formula is C24H23N3O3. The van der Waals surface area contributed by atoms with Crippen LogP contribution >= 0.6 is 0 Å². The molecule has 30 heavy (non-hydrogen) atoms. The van der Waals surface area contributed by atoms with Gasteiger partial charge in [0.15, 0.2) is 5.69 Å². The van der Waals surface area contributed by atoms with E-state index in [1.54, 1.807) is 18.0 Å². The van der Waals surface area contributed by atoms with Gasteiger partial charge in [-0.15, -0.1) is 0 Å². The molecule has 0 radical (unpaired) electrons. The summed E-state index contributed by atoms with van der Waals surface area (Å²) in [6.45, 7) is 0. The Morgan fingerprint density at radius 1 is 1.17 bits per heavy atom. The van der Waals surface area contributed by atoms with Crippen molar-refractivity contribution in [2.75, 3.05) is 11.9 Å². The number of likely N-dealkylation sites (N-methyl/N-ethyl adjacent to an activating group) is 1. The van der Waals surface area contributed by atoms with Gasteiger partial charge in [0.05, 0.1) is 0 Å². The summed E-state index contributed by atoms with van der Waals surface area (Å²) in [5.41, 5.74) is 3.38. The van der Waals surface area contributed by atoms with E-state index < -0.39 is 6.04 Å². The highest BCUT2D eigenvalue weighted by molar-refractivity contribution is 6.02. The number of benzene rings is 2. The number of nitrogens with one attached hydrogen (secondary N) is 1. The van der Waals surface area contributed by atoms with E-state index in [0.717, 1.165) is 24.1 Å². The van der Waals surface area contributed by atoms with Crippen LogP contribution in [-0.2, 0) is 16.6 Å². The first-order valence-electron chi connectivity index (χ1n) is 10.2. The fraction of sp³-hybridized carbons (Fsp3) is 0.292. The van der Waals surface area contributed by atoms with Crippen molar-refractivity contribution < 1.29 is 14.1 Å². The van der Waals surface area contributed by atoms with Crippen molar-refractivity contribution in [3.05, 3.63) is 83.2 Å². The summed E-state index contributed by atoms with van der Waals surface area (Å²) >= 11 is 0. The predicted molar refractivity (Wildman–Crippen MR) is 112 cm³/mol. The topological polar surface area (TPSA) is 75.4 Å². The molecule has 1 aromatic heterocycles. The van der Waals surface area contributed by atoms with Gasteiger partial charge in [0.25, 0.3) is 5.91 Å². The minimum Gasteiger partial charge on any atom is -0.360 e. The van der Waals surface area contributed by atoms with Crippen LogP contribution < -0.4 is 10.2 Å². The van der Waals surface area contributed by atoms with Crippen molar-refractivity contribution in [3.63, 3.8) is 0 Å². The molecule has 3 aromatic rings. The third-order valence-corrected chi connectivity index (χ3v) is 6.23. The average molecular weight is 401 g/mol. The van der Waals surface area contributed by atoms with Gasteiger partial charge in [0.1, 0.15) is 11.8 Å². The van der Waals surface area contributed by atoms with Crippen LogP contribution in [0.1, 0.15) is 46.6 Å². The average Bonchev–Trinajstić information content (AvgIpc) is 3.42. The highest BCUT2D eigenvalue weighted by atomic mass is 16.5. The smallest absolute Gasteiger partial charge is 0.274 e. The first kappa shape index (κ1) is 18.6. The van der Waals surface area contributed by atoms with Gasteiger partial charge in [0, 0.05) is 25.2 Å². The predicted octanol–water partition coefficient (Wildman–Crippen LogP) is 3.46. The maximum Gasteiger partial charge on any atom is 0.274 e. The molecule has 6 nitrogen and oxygen atoms in total. The normalized spacial score (nSPS) is 19.3. The van der Waals surface area contributed by atoms with Crippen molar-refractivity contribution in [1.82, 2.24) is 10.5 Å². The quantitative estimate of drug-likeness (QED) is 0.726. The second-order valence-electron chi connectivity index (χ2n) is 8.27. The van der Waals surface area contributed by atoms with Crippen LogP contribution in [0.2, 0.25) is 0 Å². The first-order chi connectivity index (χ1) is 14.6. The largest absolute Gasteiger partial charge is 0.360 e. The van der Waals surface area contributed by atoms with Crippen LogP contribution in [0.25, 0.3) is 0 Å².